The first kappa shape index (κ1) is 6.43. The molecular weight excluding hydrogens is 94.0 g/mol. The second-order valence-corrected chi connectivity index (χ2v) is 1.17. The topological polar surface area (TPSA) is 63.3 Å². The average Bonchev–Trinajstić information content (AvgIpc) is 1.61. The van der Waals surface area contributed by atoms with Crippen LogP contribution in [-0.4, -0.2) is 11.1 Å². The Morgan fingerprint density at radius 3 is 2.57 bits per heavy atom. The zero-order valence-corrected chi connectivity index (χ0v) is 3.92. The molecule has 41 valence electrons. The third kappa shape index (κ3) is 5.43. The van der Waals surface area contributed by atoms with Crippen molar-refractivity contribution in [1.82, 2.24) is 0 Å². The maximum atomic E-state index is 9.68. The Labute approximate surface area is 42.1 Å². The second-order valence-electron chi connectivity index (χ2n) is 1.17. The van der Waals surface area contributed by atoms with Gasteiger partial charge >= 0.3 is 5.97 Å². The van der Waals surface area contributed by atoms with E-state index < -0.39 is 5.97 Å². The number of hydrogen-bond donors (Lipinski definition) is 2. The predicted octanol–water partition coefficient (Wildman–Crippen LogP) is -0.0283. The summed E-state index contributed by atoms with van der Waals surface area (Å²) in [6, 6.07) is 0. The van der Waals surface area contributed by atoms with Gasteiger partial charge in [-0.05, 0) is 6.42 Å². The molecule has 0 saturated carbocycles. The molecule has 0 aromatic carbocycles. The van der Waals surface area contributed by atoms with E-state index in [9.17, 15) is 4.79 Å². The van der Waals surface area contributed by atoms with Gasteiger partial charge in [0, 0.05) is 13.0 Å². The lowest BCUT2D eigenvalue weighted by molar-refractivity contribution is -0.136. The molecule has 0 aliphatic rings. The highest BCUT2D eigenvalue weighted by Gasteiger charge is 1.91. The molecule has 0 rings (SSSR count). The van der Waals surface area contributed by atoms with Crippen molar-refractivity contribution in [3.63, 3.8) is 0 Å². The molecular formula is C4H8NO2. The van der Waals surface area contributed by atoms with E-state index in [4.69, 9.17) is 10.8 Å². The van der Waals surface area contributed by atoms with Gasteiger partial charge in [0.15, 0.2) is 0 Å². The molecule has 1 radical (unpaired) electrons. The number of carbonyl (C=O) groups is 1. The fraction of sp³-hybridized carbons (Fsp3) is 0.500. The minimum atomic E-state index is -0.804. The smallest absolute Gasteiger partial charge is 0.303 e. The van der Waals surface area contributed by atoms with Crippen molar-refractivity contribution >= 4 is 5.97 Å². The number of aliphatic carboxylic acids is 1. The van der Waals surface area contributed by atoms with E-state index in [0.717, 1.165) is 0 Å². The van der Waals surface area contributed by atoms with Crippen LogP contribution in [0.5, 0.6) is 0 Å². The maximum absolute atomic E-state index is 9.68. The van der Waals surface area contributed by atoms with Gasteiger partial charge < -0.3 is 10.8 Å². The standard InChI is InChI=1S/C4H8NO2/c5-3-1-2-4(6)7/h3H,1-2,5H2,(H,6,7). The molecule has 0 aliphatic carbocycles. The summed E-state index contributed by atoms with van der Waals surface area (Å²) in [5, 5.41) is 7.97. The van der Waals surface area contributed by atoms with Gasteiger partial charge in [0.25, 0.3) is 0 Å². The molecule has 0 atom stereocenters. The van der Waals surface area contributed by atoms with Gasteiger partial charge in [0.2, 0.25) is 0 Å². The Kier molecular flexibility index (Phi) is 3.32. The van der Waals surface area contributed by atoms with Crippen molar-refractivity contribution in [2.45, 2.75) is 12.8 Å². The Bertz CT molecular complexity index is 62.7. The van der Waals surface area contributed by atoms with Crippen molar-refractivity contribution in [2.24, 2.45) is 5.73 Å². The zero-order valence-electron chi connectivity index (χ0n) is 3.92. The lowest BCUT2D eigenvalue weighted by Crippen LogP contribution is -1.97. The van der Waals surface area contributed by atoms with E-state index in [1.165, 1.54) is 6.54 Å². The largest absolute Gasteiger partial charge is 0.481 e. The van der Waals surface area contributed by atoms with Crippen LogP contribution < -0.4 is 5.73 Å². The van der Waals surface area contributed by atoms with Gasteiger partial charge in [-0.25, -0.2) is 0 Å². The first-order valence-corrected chi connectivity index (χ1v) is 2.02. The molecule has 3 nitrogen and oxygen atoms in total. The van der Waals surface area contributed by atoms with Crippen LogP contribution in [0.1, 0.15) is 12.8 Å². The molecule has 0 aliphatic heterocycles. The van der Waals surface area contributed by atoms with Crippen LogP contribution in [0, 0.1) is 6.54 Å². The van der Waals surface area contributed by atoms with E-state index >= 15 is 0 Å². The summed E-state index contributed by atoms with van der Waals surface area (Å²) in [7, 11) is 0. The molecule has 0 unspecified atom stereocenters. The minimum absolute atomic E-state index is 0.135. The summed E-state index contributed by atoms with van der Waals surface area (Å²) in [6.45, 7) is 1.34. The van der Waals surface area contributed by atoms with Crippen molar-refractivity contribution in [2.75, 3.05) is 0 Å². The van der Waals surface area contributed by atoms with Crippen LogP contribution in [0.15, 0.2) is 0 Å². The molecule has 0 amide bonds. The van der Waals surface area contributed by atoms with Crippen molar-refractivity contribution < 1.29 is 9.90 Å². The molecule has 0 saturated heterocycles. The summed E-state index contributed by atoms with van der Waals surface area (Å²) in [4.78, 5) is 9.68. The van der Waals surface area contributed by atoms with E-state index in [0.29, 0.717) is 6.42 Å². The molecule has 0 bridgehead atoms. The Morgan fingerprint density at radius 1 is 1.86 bits per heavy atom. The fourth-order valence-electron chi connectivity index (χ4n) is 0.207. The van der Waals surface area contributed by atoms with Gasteiger partial charge in [-0.15, -0.1) is 0 Å². The molecule has 0 heterocycles. The minimum Gasteiger partial charge on any atom is -0.481 e. The summed E-state index contributed by atoms with van der Waals surface area (Å²) in [6.07, 6.45) is 0.589. The quantitative estimate of drug-likeness (QED) is 0.526. The third-order valence-electron chi connectivity index (χ3n) is 0.525. The number of carboxylic acid groups (broad SMARTS) is 1. The van der Waals surface area contributed by atoms with Gasteiger partial charge in [0.05, 0.1) is 0 Å². The summed E-state index contributed by atoms with van der Waals surface area (Å²) in [5.74, 6) is -0.804. The van der Waals surface area contributed by atoms with Crippen molar-refractivity contribution in [3.05, 3.63) is 6.54 Å². The second kappa shape index (κ2) is 3.61. The maximum Gasteiger partial charge on any atom is 0.303 e. The monoisotopic (exact) mass is 102 g/mol. The summed E-state index contributed by atoms with van der Waals surface area (Å²) < 4.78 is 0. The Hall–Kier alpha value is -0.570. The lowest BCUT2D eigenvalue weighted by atomic mass is 10.3. The van der Waals surface area contributed by atoms with Crippen LogP contribution >= 0.6 is 0 Å². The van der Waals surface area contributed by atoms with Crippen LogP contribution in [-0.2, 0) is 4.79 Å². The van der Waals surface area contributed by atoms with Gasteiger partial charge in [-0.2, -0.15) is 0 Å². The van der Waals surface area contributed by atoms with Crippen LogP contribution in [0.25, 0.3) is 0 Å². The van der Waals surface area contributed by atoms with Crippen LogP contribution in [0.4, 0.5) is 0 Å². The zero-order chi connectivity index (χ0) is 5.70. The highest BCUT2D eigenvalue weighted by Crippen LogP contribution is 1.85. The highest BCUT2D eigenvalue weighted by atomic mass is 16.4. The predicted molar refractivity (Wildman–Crippen MR) is 25.4 cm³/mol. The van der Waals surface area contributed by atoms with Crippen LogP contribution in [0.3, 0.4) is 0 Å². The molecule has 0 aromatic heterocycles. The molecule has 7 heavy (non-hydrogen) atoms. The normalized spacial score (nSPS) is 8.71. The lowest BCUT2D eigenvalue weighted by Gasteiger charge is -1.85. The first-order chi connectivity index (χ1) is 3.27. The highest BCUT2D eigenvalue weighted by molar-refractivity contribution is 5.66. The van der Waals surface area contributed by atoms with Gasteiger partial charge in [-0.3, -0.25) is 4.79 Å². The first-order valence-electron chi connectivity index (χ1n) is 2.02. The van der Waals surface area contributed by atoms with E-state index in [-0.39, 0.29) is 6.42 Å². The average molecular weight is 102 g/mol. The van der Waals surface area contributed by atoms with E-state index in [1.807, 2.05) is 0 Å². The molecule has 0 spiro atoms. The molecule has 3 heteroatoms. The van der Waals surface area contributed by atoms with E-state index in [2.05, 4.69) is 0 Å². The van der Waals surface area contributed by atoms with Crippen LogP contribution in [0.2, 0.25) is 0 Å². The summed E-state index contributed by atoms with van der Waals surface area (Å²) in [5.41, 5.74) is 4.89. The number of carboxylic acids is 1. The number of nitrogens with two attached hydrogens (primary N) is 1. The number of rotatable bonds is 3. The SMILES string of the molecule is N[CH]CCC(=O)O. The van der Waals surface area contributed by atoms with Crippen molar-refractivity contribution in [3.8, 4) is 0 Å². The molecule has 3 N–H and O–H groups in total. The third-order valence-corrected chi connectivity index (χ3v) is 0.525. The molecule has 0 aromatic rings. The van der Waals surface area contributed by atoms with Gasteiger partial charge in [0.1, 0.15) is 0 Å². The van der Waals surface area contributed by atoms with E-state index in [1.54, 1.807) is 0 Å². The van der Waals surface area contributed by atoms with Crippen molar-refractivity contribution in [1.29, 1.82) is 0 Å². The fourth-order valence-corrected chi connectivity index (χ4v) is 0.207. The van der Waals surface area contributed by atoms with Gasteiger partial charge in [-0.1, -0.05) is 0 Å². The Morgan fingerprint density at radius 2 is 2.43 bits per heavy atom. The number of hydrogen-bond acceptors (Lipinski definition) is 2. The molecule has 0 fully saturated rings. The summed E-state index contributed by atoms with van der Waals surface area (Å²) >= 11 is 0. The Balaban J connectivity index is 2.82.